The molecule has 0 spiro atoms. The molecule has 1 aliphatic carbocycles. The van der Waals surface area contributed by atoms with Crippen molar-refractivity contribution in [1.82, 2.24) is 10.2 Å². The Morgan fingerprint density at radius 2 is 1.72 bits per heavy atom. The SMILES string of the molecule is O=C(NC1(c2ccccc2)CC1)[C@H]1CCCCN1Cc1ccc(C(F)(F)F)cc1. The molecule has 1 heterocycles. The molecular weight excluding hydrogens is 377 g/mol. The van der Waals surface area contributed by atoms with Crippen molar-refractivity contribution in [2.45, 2.75) is 56.4 Å². The van der Waals surface area contributed by atoms with Crippen LogP contribution in [-0.4, -0.2) is 23.4 Å². The topological polar surface area (TPSA) is 32.3 Å². The number of carbonyl (C=O) groups excluding carboxylic acids is 1. The van der Waals surface area contributed by atoms with E-state index in [9.17, 15) is 18.0 Å². The third kappa shape index (κ3) is 4.47. The third-order valence-electron chi connectivity index (χ3n) is 6.02. The van der Waals surface area contributed by atoms with Crippen LogP contribution in [0, 0.1) is 0 Å². The van der Waals surface area contributed by atoms with Gasteiger partial charge in [-0.05, 0) is 55.5 Å². The molecule has 154 valence electrons. The maximum Gasteiger partial charge on any atom is 0.416 e. The first-order valence-electron chi connectivity index (χ1n) is 10.2. The van der Waals surface area contributed by atoms with Crippen LogP contribution in [0.15, 0.2) is 54.6 Å². The summed E-state index contributed by atoms with van der Waals surface area (Å²) in [6.07, 6.45) is 0.302. The molecule has 1 saturated heterocycles. The monoisotopic (exact) mass is 402 g/mol. The standard InChI is InChI=1S/C23H25F3N2O/c24-23(25,26)19-11-9-17(10-12-19)16-28-15-5-4-8-20(28)21(29)27-22(13-14-22)18-6-2-1-3-7-18/h1-3,6-7,9-12,20H,4-5,8,13-16H2,(H,27,29)/t20-/m1/s1. The largest absolute Gasteiger partial charge is 0.416 e. The highest BCUT2D eigenvalue weighted by Gasteiger charge is 2.47. The van der Waals surface area contributed by atoms with Gasteiger partial charge in [-0.25, -0.2) is 0 Å². The molecule has 1 atom stereocenters. The highest BCUT2D eigenvalue weighted by Crippen LogP contribution is 2.45. The number of halogens is 3. The van der Waals surface area contributed by atoms with Crippen LogP contribution in [-0.2, 0) is 23.1 Å². The fourth-order valence-electron chi connectivity index (χ4n) is 4.20. The van der Waals surface area contributed by atoms with Crippen LogP contribution in [0.25, 0.3) is 0 Å². The number of hydrogen-bond acceptors (Lipinski definition) is 2. The van der Waals surface area contributed by atoms with Crippen molar-refractivity contribution in [3.8, 4) is 0 Å². The first-order chi connectivity index (χ1) is 13.9. The minimum absolute atomic E-state index is 0.0259. The molecule has 2 fully saturated rings. The fraction of sp³-hybridized carbons (Fsp3) is 0.435. The summed E-state index contributed by atoms with van der Waals surface area (Å²) in [6, 6.07) is 15.0. The summed E-state index contributed by atoms with van der Waals surface area (Å²) in [5.74, 6) is 0.0259. The Labute approximate surface area is 168 Å². The van der Waals surface area contributed by atoms with Crippen LogP contribution >= 0.6 is 0 Å². The lowest BCUT2D eigenvalue weighted by molar-refractivity contribution is -0.137. The molecule has 1 amide bonds. The summed E-state index contributed by atoms with van der Waals surface area (Å²) in [5, 5.41) is 3.27. The van der Waals surface area contributed by atoms with Gasteiger partial charge in [0.1, 0.15) is 0 Å². The Kier molecular flexibility index (Phi) is 5.38. The zero-order valence-electron chi connectivity index (χ0n) is 16.2. The Balaban J connectivity index is 1.44. The molecule has 2 aliphatic rings. The van der Waals surface area contributed by atoms with E-state index in [-0.39, 0.29) is 17.5 Å². The van der Waals surface area contributed by atoms with Gasteiger partial charge in [0.25, 0.3) is 0 Å². The minimum atomic E-state index is -4.33. The molecule has 1 aliphatic heterocycles. The Hall–Kier alpha value is -2.34. The average Bonchev–Trinajstić information content (AvgIpc) is 3.49. The second-order valence-electron chi connectivity index (χ2n) is 8.11. The van der Waals surface area contributed by atoms with E-state index < -0.39 is 11.7 Å². The van der Waals surface area contributed by atoms with Crippen molar-refractivity contribution in [1.29, 1.82) is 0 Å². The number of hydrogen-bond donors (Lipinski definition) is 1. The zero-order chi connectivity index (χ0) is 20.5. The second-order valence-corrected chi connectivity index (χ2v) is 8.11. The van der Waals surface area contributed by atoms with Gasteiger partial charge in [0.05, 0.1) is 17.1 Å². The van der Waals surface area contributed by atoms with Crippen LogP contribution in [0.5, 0.6) is 0 Å². The van der Waals surface area contributed by atoms with E-state index in [1.54, 1.807) is 0 Å². The van der Waals surface area contributed by atoms with Gasteiger partial charge in [0.15, 0.2) is 0 Å². The van der Waals surface area contributed by atoms with Gasteiger partial charge >= 0.3 is 6.18 Å². The highest BCUT2D eigenvalue weighted by atomic mass is 19.4. The molecule has 1 saturated carbocycles. The smallest absolute Gasteiger partial charge is 0.345 e. The highest BCUT2D eigenvalue weighted by molar-refractivity contribution is 5.83. The summed E-state index contributed by atoms with van der Waals surface area (Å²) in [5.41, 5.74) is 1.03. The number of nitrogens with zero attached hydrogens (tertiary/aromatic N) is 1. The van der Waals surface area contributed by atoms with Crippen LogP contribution in [0.4, 0.5) is 13.2 Å². The Bertz CT molecular complexity index is 845. The number of carbonyl (C=O) groups is 1. The summed E-state index contributed by atoms with van der Waals surface area (Å²) >= 11 is 0. The fourth-order valence-corrected chi connectivity index (χ4v) is 4.20. The maximum absolute atomic E-state index is 13.1. The molecule has 3 nitrogen and oxygen atoms in total. The van der Waals surface area contributed by atoms with Crippen LogP contribution in [0.3, 0.4) is 0 Å². The number of nitrogens with one attached hydrogen (secondary N) is 1. The summed E-state index contributed by atoms with van der Waals surface area (Å²) in [6.45, 7) is 1.26. The van der Waals surface area contributed by atoms with Gasteiger partial charge in [-0.1, -0.05) is 48.9 Å². The average molecular weight is 402 g/mol. The van der Waals surface area contributed by atoms with Crippen molar-refractivity contribution in [2.75, 3.05) is 6.54 Å². The van der Waals surface area contributed by atoms with Crippen molar-refractivity contribution in [3.05, 3.63) is 71.3 Å². The van der Waals surface area contributed by atoms with Gasteiger partial charge in [-0.2, -0.15) is 13.2 Å². The van der Waals surface area contributed by atoms with Gasteiger partial charge in [0.2, 0.25) is 5.91 Å². The molecule has 0 bridgehead atoms. The van der Waals surface area contributed by atoms with E-state index in [1.807, 2.05) is 30.3 Å². The lowest BCUT2D eigenvalue weighted by Gasteiger charge is -2.36. The first-order valence-corrected chi connectivity index (χ1v) is 10.2. The number of likely N-dealkylation sites (tertiary alicyclic amines) is 1. The van der Waals surface area contributed by atoms with E-state index in [0.29, 0.717) is 6.54 Å². The molecule has 2 aromatic rings. The predicted octanol–water partition coefficient (Wildman–Crippen LogP) is 4.87. The molecule has 0 unspecified atom stereocenters. The molecule has 29 heavy (non-hydrogen) atoms. The van der Waals surface area contributed by atoms with Crippen LogP contribution < -0.4 is 5.32 Å². The molecular formula is C23H25F3N2O. The summed E-state index contributed by atoms with van der Waals surface area (Å²) in [7, 11) is 0. The van der Waals surface area contributed by atoms with E-state index in [1.165, 1.54) is 12.1 Å². The number of alkyl halides is 3. The quantitative estimate of drug-likeness (QED) is 0.774. The third-order valence-corrected chi connectivity index (χ3v) is 6.02. The van der Waals surface area contributed by atoms with E-state index >= 15 is 0 Å². The summed E-state index contributed by atoms with van der Waals surface area (Å²) < 4.78 is 38.4. The molecule has 2 aromatic carbocycles. The van der Waals surface area contributed by atoms with Crippen LogP contribution in [0.1, 0.15) is 48.8 Å². The van der Waals surface area contributed by atoms with Gasteiger partial charge < -0.3 is 5.32 Å². The van der Waals surface area contributed by atoms with E-state index in [2.05, 4.69) is 10.2 Å². The summed E-state index contributed by atoms with van der Waals surface area (Å²) in [4.78, 5) is 15.2. The second kappa shape index (κ2) is 7.82. The van der Waals surface area contributed by atoms with Crippen LogP contribution in [0.2, 0.25) is 0 Å². The van der Waals surface area contributed by atoms with Crippen molar-refractivity contribution in [2.24, 2.45) is 0 Å². The minimum Gasteiger partial charge on any atom is -0.345 e. The van der Waals surface area contributed by atoms with Gasteiger partial charge in [0, 0.05) is 6.54 Å². The van der Waals surface area contributed by atoms with Gasteiger partial charge in [-0.3, -0.25) is 9.69 Å². The number of amides is 1. The molecule has 0 radical (unpaired) electrons. The molecule has 4 rings (SSSR count). The number of benzene rings is 2. The number of rotatable bonds is 5. The van der Waals surface area contributed by atoms with Gasteiger partial charge in [-0.15, -0.1) is 0 Å². The number of piperidine rings is 1. The zero-order valence-corrected chi connectivity index (χ0v) is 16.2. The Morgan fingerprint density at radius 1 is 1.03 bits per heavy atom. The Morgan fingerprint density at radius 3 is 2.34 bits per heavy atom. The predicted molar refractivity (Wildman–Crippen MR) is 105 cm³/mol. The molecule has 6 heteroatoms. The van der Waals surface area contributed by atoms with E-state index in [0.717, 1.165) is 61.9 Å². The maximum atomic E-state index is 13.1. The van der Waals surface area contributed by atoms with Crippen molar-refractivity contribution in [3.63, 3.8) is 0 Å². The lowest BCUT2D eigenvalue weighted by Crippen LogP contribution is -2.51. The first kappa shape index (κ1) is 20.0. The lowest BCUT2D eigenvalue weighted by atomic mass is 9.98. The van der Waals surface area contributed by atoms with Crippen molar-refractivity contribution >= 4 is 5.91 Å². The normalized spacial score (nSPS) is 21.6. The molecule has 0 aromatic heterocycles. The van der Waals surface area contributed by atoms with Crippen molar-refractivity contribution < 1.29 is 18.0 Å². The van der Waals surface area contributed by atoms with E-state index in [4.69, 9.17) is 0 Å². The molecule has 1 N–H and O–H groups in total.